The summed E-state index contributed by atoms with van der Waals surface area (Å²) in [5, 5.41) is 6.09. The van der Waals surface area contributed by atoms with Crippen LogP contribution in [0.1, 0.15) is 26.2 Å². The van der Waals surface area contributed by atoms with Crippen LogP contribution in [0.15, 0.2) is 24.3 Å². The normalized spacial score (nSPS) is 17.2. The molecule has 1 unspecified atom stereocenters. The van der Waals surface area contributed by atoms with Crippen LogP contribution < -0.4 is 15.4 Å². The third-order valence-corrected chi connectivity index (χ3v) is 4.17. The predicted octanol–water partition coefficient (Wildman–Crippen LogP) is 1.87. The van der Waals surface area contributed by atoms with E-state index in [0.29, 0.717) is 24.5 Å². The maximum absolute atomic E-state index is 12.7. The molecule has 0 bridgehead atoms. The topological polar surface area (TPSA) is 70.7 Å². The Balaban J connectivity index is 1.98. The van der Waals surface area contributed by atoms with Gasteiger partial charge in [0.2, 0.25) is 11.8 Å². The quantitative estimate of drug-likeness (QED) is 0.799. The van der Waals surface area contributed by atoms with Crippen LogP contribution >= 0.6 is 0 Å². The number of ether oxygens (including phenoxy) is 1. The zero-order valence-corrected chi connectivity index (χ0v) is 14.5. The van der Waals surface area contributed by atoms with E-state index in [-0.39, 0.29) is 24.3 Å². The van der Waals surface area contributed by atoms with Crippen molar-refractivity contribution in [2.75, 3.05) is 38.6 Å². The van der Waals surface area contributed by atoms with Crippen LogP contribution in [-0.2, 0) is 9.59 Å². The number of anilines is 1. The minimum absolute atomic E-state index is 0.0237. The fourth-order valence-corrected chi connectivity index (χ4v) is 2.97. The van der Waals surface area contributed by atoms with Gasteiger partial charge in [0.25, 0.3) is 0 Å². The molecule has 1 aliphatic rings. The second kappa shape index (κ2) is 9.27. The van der Waals surface area contributed by atoms with Gasteiger partial charge in [-0.2, -0.15) is 0 Å². The Bertz CT molecular complexity index is 556. The number of nitrogens with one attached hydrogen (secondary N) is 2. The molecular formula is C18H27N3O3. The zero-order valence-electron chi connectivity index (χ0n) is 14.5. The molecule has 1 saturated heterocycles. The van der Waals surface area contributed by atoms with Crippen molar-refractivity contribution in [3.8, 4) is 5.75 Å². The van der Waals surface area contributed by atoms with E-state index >= 15 is 0 Å². The van der Waals surface area contributed by atoms with E-state index in [1.54, 1.807) is 24.1 Å². The Morgan fingerprint density at radius 2 is 2.17 bits per heavy atom. The standard InChI is InChI=1S/C18H27N3O3/c1-3-11-21(18(23)14-7-6-10-19-12-14)13-17(22)20-15-8-4-5-9-16(15)24-2/h4-5,8-9,14,19H,3,6-7,10-13H2,1-2H3,(H,20,22). The molecular weight excluding hydrogens is 306 g/mol. The number of piperidine rings is 1. The van der Waals surface area contributed by atoms with Crippen LogP contribution in [0, 0.1) is 5.92 Å². The summed E-state index contributed by atoms with van der Waals surface area (Å²) in [4.78, 5) is 26.7. The summed E-state index contributed by atoms with van der Waals surface area (Å²) in [6.45, 7) is 4.34. The first-order valence-corrected chi connectivity index (χ1v) is 8.58. The van der Waals surface area contributed by atoms with Crippen LogP contribution in [0.25, 0.3) is 0 Å². The minimum Gasteiger partial charge on any atom is -0.495 e. The number of benzene rings is 1. The number of nitrogens with zero attached hydrogens (tertiary/aromatic N) is 1. The number of carbonyl (C=O) groups is 2. The van der Waals surface area contributed by atoms with Crippen molar-refractivity contribution in [3.63, 3.8) is 0 Å². The van der Waals surface area contributed by atoms with Crippen molar-refractivity contribution < 1.29 is 14.3 Å². The Kier molecular flexibility index (Phi) is 7.06. The molecule has 2 amide bonds. The van der Waals surface area contributed by atoms with Gasteiger partial charge in [0.15, 0.2) is 0 Å². The second-order valence-corrected chi connectivity index (χ2v) is 6.05. The van der Waals surface area contributed by atoms with Crippen LogP contribution in [-0.4, -0.2) is 50.0 Å². The molecule has 0 saturated carbocycles. The van der Waals surface area contributed by atoms with Gasteiger partial charge in [-0.05, 0) is 37.9 Å². The Morgan fingerprint density at radius 1 is 1.38 bits per heavy atom. The van der Waals surface area contributed by atoms with E-state index in [9.17, 15) is 9.59 Å². The molecule has 2 rings (SSSR count). The molecule has 1 aromatic rings. The third kappa shape index (κ3) is 4.96. The maximum Gasteiger partial charge on any atom is 0.244 e. The lowest BCUT2D eigenvalue weighted by atomic mass is 9.98. The van der Waals surface area contributed by atoms with E-state index in [0.717, 1.165) is 25.8 Å². The lowest BCUT2D eigenvalue weighted by molar-refractivity contribution is -0.138. The molecule has 1 heterocycles. The highest BCUT2D eigenvalue weighted by Crippen LogP contribution is 2.23. The van der Waals surface area contributed by atoms with Gasteiger partial charge in [-0.15, -0.1) is 0 Å². The van der Waals surface area contributed by atoms with E-state index in [2.05, 4.69) is 10.6 Å². The second-order valence-electron chi connectivity index (χ2n) is 6.05. The summed E-state index contributed by atoms with van der Waals surface area (Å²) in [5.41, 5.74) is 0.619. The maximum atomic E-state index is 12.7. The Hall–Kier alpha value is -2.08. The number of rotatable bonds is 7. The Labute approximate surface area is 143 Å². The molecule has 0 aromatic heterocycles. The van der Waals surface area contributed by atoms with E-state index in [1.807, 2.05) is 19.1 Å². The summed E-state index contributed by atoms with van der Waals surface area (Å²) < 4.78 is 5.24. The zero-order chi connectivity index (χ0) is 17.4. The van der Waals surface area contributed by atoms with Crippen molar-refractivity contribution in [2.45, 2.75) is 26.2 Å². The Morgan fingerprint density at radius 3 is 2.83 bits per heavy atom. The van der Waals surface area contributed by atoms with Gasteiger partial charge >= 0.3 is 0 Å². The predicted molar refractivity (Wildman–Crippen MR) is 94.1 cm³/mol. The molecule has 6 nitrogen and oxygen atoms in total. The summed E-state index contributed by atoms with van der Waals surface area (Å²) >= 11 is 0. The molecule has 1 aliphatic heterocycles. The number of methoxy groups -OCH3 is 1. The highest BCUT2D eigenvalue weighted by molar-refractivity contribution is 5.96. The number of hydrogen-bond donors (Lipinski definition) is 2. The van der Waals surface area contributed by atoms with Crippen molar-refractivity contribution in [2.24, 2.45) is 5.92 Å². The first kappa shape index (κ1) is 18.3. The first-order valence-electron chi connectivity index (χ1n) is 8.58. The molecule has 2 N–H and O–H groups in total. The molecule has 0 aliphatic carbocycles. The highest BCUT2D eigenvalue weighted by Gasteiger charge is 2.26. The number of hydrogen-bond acceptors (Lipinski definition) is 4. The lowest BCUT2D eigenvalue weighted by Gasteiger charge is -2.29. The molecule has 0 spiro atoms. The fourth-order valence-electron chi connectivity index (χ4n) is 2.97. The van der Waals surface area contributed by atoms with Crippen molar-refractivity contribution in [3.05, 3.63) is 24.3 Å². The minimum atomic E-state index is -0.204. The summed E-state index contributed by atoms with van der Waals surface area (Å²) in [6.07, 6.45) is 2.72. The van der Waals surface area contributed by atoms with Gasteiger partial charge in [0, 0.05) is 13.1 Å². The monoisotopic (exact) mass is 333 g/mol. The molecule has 1 aromatic carbocycles. The number of para-hydroxylation sites is 2. The molecule has 1 fully saturated rings. The smallest absolute Gasteiger partial charge is 0.244 e. The summed E-state index contributed by atoms with van der Waals surface area (Å²) in [5.74, 6) is 0.448. The first-order chi connectivity index (χ1) is 11.7. The molecule has 24 heavy (non-hydrogen) atoms. The molecule has 132 valence electrons. The van der Waals surface area contributed by atoms with Gasteiger partial charge in [0.05, 0.1) is 25.3 Å². The van der Waals surface area contributed by atoms with Gasteiger partial charge in [-0.1, -0.05) is 19.1 Å². The van der Waals surface area contributed by atoms with E-state index in [4.69, 9.17) is 4.74 Å². The average molecular weight is 333 g/mol. The lowest BCUT2D eigenvalue weighted by Crippen LogP contribution is -2.46. The van der Waals surface area contributed by atoms with Gasteiger partial charge in [-0.25, -0.2) is 0 Å². The van der Waals surface area contributed by atoms with Crippen LogP contribution in [0.2, 0.25) is 0 Å². The van der Waals surface area contributed by atoms with Crippen LogP contribution in [0.3, 0.4) is 0 Å². The van der Waals surface area contributed by atoms with Crippen molar-refractivity contribution in [1.82, 2.24) is 10.2 Å². The SMILES string of the molecule is CCCN(CC(=O)Nc1ccccc1OC)C(=O)C1CCCNC1. The largest absolute Gasteiger partial charge is 0.495 e. The van der Waals surface area contributed by atoms with Gasteiger partial charge in [0.1, 0.15) is 5.75 Å². The van der Waals surface area contributed by atoms with Gasteiger partial charge < -0.3 is 20.3 Å². The number of amides is 2. The van der Waals surface area contributed by atoms with E-state index in [1.165, 1.54) is 0 Å². The number of carbonyl (C=O) groups excluding carboxylic acids is 2. The van der Waals surface area contributed by atoms with Gasteiger partial charge in [-0.3, -0.25) is 9.59 Å². The molecule has 6 heteroatoms. The average Bonchev–Trinajstić information content (AvgIpc) is 2.62. The highest BCUT2D eigenvalue weighted by atomic mass is 16.5. The molecule has 1 atom stereocenters. The summed E-state index contributed by atoms with van der Waals surface area (Å²) in [7, 11) is 1.56. The third-order valence-electron chi connectivity index (χ3n) is 4.17. The van der Waals surface area contributed by atoms with Crippen molar-refractivity contribution >= 4 is 17.5 Å². The molecule has 0 radical (unpaired) electrons. The van der Waals surface area contributed by atoms with Crippen LogP contribution in [0.5, 0.6) is 5.75 Å². The van der Waals surface area contributed by atoms with E-state index < -0.39 is 0 Å². The summed E-state index contributed by atoms with van der Waals surface area (Å²) in [6, 6.07) is 7.25. The fraction of sp³-hybridized carbons (Fsp3) is 0.556. The van der Waals surface area contributed by atoms with Crippen molar-refractivity contribution in [1.29, 1.82) is 0 Å². The van der Waals surface area contributed by atoms with Crippen LogP contribution in [0.4, 0.5) is 5.69 Å².